The van der Waals surface area contributed by atoms with Gasteiger partial charge >= 0.3 is 0 Å². The molecule has 6 nitrogen and oxygen atoms in total. The lowest BCUT2D eigenvalue weighted by atomic mass is 9.88. The molecular weight excluding hydrogens is 320 g/mol. The van der Waals surface area contributed by atoms with Crippen LogP contribution in [0.2, 0.25) is 5.02 Å². The molecule has 2 fully saturated rings. The van der Waals surface area contributed by atoms with E-state index in [0.717, 1.165) is 0 Å². The Morgan fingerprint density at radius 3 is 2.52 bits per heavy atom. The quantitative estimate of drug-likeness (QED) is 0.844. The molecule has 7 heteroatoms. The van der Waals surface area contributed by atoms with Gasteiger partial charge in [-0.3, -0.25) is 14.4 Å². The van der Waals surface area contributed by atoms with Gasteiger partial charge in [0.2, 0.25) is 5.91 Å². The second-order valence-electron chi connectivity index (χ2n) is 5.97. The van der Waals surface area contributed by atoms with Gasteiger partial charge in [-0.25, -0.2) is 5.06 Å². The molecule has 0 N–H and O–H groups in total. The highest BCUT2D eigenvalue weighted by Gasteiger charge is 2.46. The zero-order valence-electron chi connectivity index (χ0n) is 13.0. The Morgan fingerprint density at radius 2 is 1.96 bits per heavy atom. The molecule has 0 atom stereocenters. The van der Waals surface area contributed by atoms with E-state index in [4.69, 9.17) is 21.2 Å². The van der Waals surface area contributed by atoms with E-state index in [1.165, 1.54) is 5.06 Å². The van der Waals surface area contributed by atoms with Gasteiger partial charge in [0.05, 0.1) is 6.42 Å². The molecule has 2 aliphatic rings. The fraction of sp³-hybridized carbons (Fsp3) is 0.500. The van der Waals surface area contributed by atoms with Gasteiger partial charge in [0.25, 0.3) is 5.91 Å². The number of hydrogen-bond acceptors (Lipinski definition) is 4. The predicted molar refractivity (Wildman–Crippen MR) is 84.0 cm³/mol. The number of hydroxylamine groups is 2. The summed E-state index contributed by atoms with van der Waals surface area (Å²) in [4.78, 5) is 31.3. The number of carbonyl (C=O) groups excluding carboxylic acids is 2. The van der Waals surface area contributed by atoms with Crippen LogP contribution in [0, 0.1) is 0 Å². The number of nitrogens with zero attached hydrogens (tertiary/aromatic N) is 2. The van der Waals surface area contributed by atoms with Crippen LogP contribution < -0.4 is 4.74 Å². The highest BCUT2D eigenvalue weighted by molar-refractivity contribution is 6.30. The number of halogens is 1. The van der Waals surface area contributed by atoms with Gasteiger partial charge in [0.1, 0.15) is 11.4 Å². The zero-order chi connectivity index (χ0) is 16.4. The average molecular weight is 339 g/mol. The minimum absolute atomic E-state index is 0.00384. The van der Waals surface area contributed by atoms with Crippen LogP contribution in [0.1, 0.15) is 19.3 Å². The summed E-state index contributed by atoms with van der Waals surface area (Å²) in [6, 6.07) is 6.90. The van der Waals surface area contributed by atoms with Crippen molar-refractivity contribution in [3.05, 3.63) is 29.3 Å². The second kappa shape index (κ2) is 6.37. The molecule has 124 valence electrons. The monoisotopic (exact) mass is 338 g/mol. The van der Waals surface area contributed by atoms with Crippen LogP contribution in [0.15, 0.2) is 24.3 Å². The Morgan fingerprint density at radius 1 is 1.30 bits per heavy atom. The molecule has 0 unspecified atom stereocenters. The molecule has 0 bridgehead atoms. The Hall–Kier alpha value is -1.79. The molecule has 3 rings (SSSR count). The highest BCUT2D eigenvalue weighted by atomic mass is 35.5. The first-order valence-electron chi connectivity index (χ1n) is 7.59. The van der Waals surface area contributed by atoms with E-state index in [1.807, 2.05) is 0 Å². The largest absolute Gasteiger partial charge is 0.484 e. The van der Waals surface area contributed by atoms with Crippen LogP contribution in [0.3, 0.4) is 0 Å². The standard InChI is InChI=1S/C16H19ClN2O4/c1-18-14(20)10-16(23-18)6-8-19(9-7-16)15(21)11-22-13-4-2-12(17)3-5-13/h2-5H,6-11H2,1H3. The molecule has 2 amide bonds. The van der Waals surface area contributed by atoms with Crippen LogP contribution in [-0.4, -0.2) is 54.1 Å². The van der Waals surface area contributed by atoms with Gasteiger partial charge in [0.15, 0.2) is 6.61 Å². The van der Waals surface area contributed by atoms with Crippen LogP contribution in [-0.2, 0) is 14.4 Å². The first-order valence-corrected chi connectivity index (χ1v) is 7.97. The number of piperidine rings is 1. The van der Waals surface area contributed by atoms with Crippen LogP contribution in [0.5, 0.6) is 5.75 Å². The van der Waals surface area contributed by atoms with E-state index in [9.17, 15) is 9.59 Å². The van der Waals surface area contributed by atoms with E-state index in [2.05, 4.69) is 0 Å². The predicted octanol–water partition coefficient (Wildman–Crippen LogP) is 1.87. The summed E-state index contributed by atoms with van der Waals surface area (Å²) in [6.45, 7) is 1.14. The summed E-state index contributed by atoms with van der Waals surface area (Å²) >= 11 is 5.81. The van der Waals surface area contributed by atoms with E-state index in [-0.39, 0.29) is 18.4 Å². The maximum Gasteiger partial charge on any atom is 0.260 e. The zero-order valence-corrected chi connectivity index (χ0v) is 13.7. The van der Waals surface area contributed by atoms with Gasteiger partial charge in [-0.2, -0.15) is 0 Å². The fourth-order valence-corrected chi connectivity index (χ4v) is 3.09. The van der Waals surface area contributed by atoms with Crippen molar-refractivity contribution in [2.45, 2.75) is 24.9 Å². The first-order chi connectivity index (χ1) is 11.0. The van der Waals surface area contributed by atoms with Crippen LogP contribution in [0.25, 0.3) is 0 Å². The lowest BCUT2D eigenvalue weighted by Gasteiger charge is -2.37. The smallest absolute Gasteiger partial charge is 0.260 e. The molecule has 23 heavy (non-hydrogen) atoms. The molecule has 1 aromatic rings. The number of rotatable bonds is 3. The maximum atomic E-state index is 12.2. The summed E-state index contributed by atoms with van der Waals surface area (Å²) in [6.07, 6.45) is 1.72. The van der Waals surface area contributed by atoms with Crippen molar-refractivity contribution in [1.82, 2.24) is 9.96 Å². The van der Waals surface area contributed by atoms with Crippen LogP contribution in [0.4, 0.5) is 0 Å². The molecule has 1 aromatic carbocycles. The fourth-order valence-electron chi connectivity index (χ4n) is 2.96. The normalized spacial score (nSPS) is 20.2. The number of likely N-dealkylation sites (tertiary alicyclic amines) is 1. The van der Waals surface area contributed by atoms with E-state index in [1.54, 1.807) is 36.2 Å². The molecule has 1 spiro atoms. The van der Waals surface area contributed by atoms with E-state index >= 15 is 0 Å². The third-order valence-electron chi connectivity index (χ3n) is 4.36. The molecule has 0 aliphatic carbocycles. The Balaban J connectivity index is 1.49. The number of benzene rings is 1. The van der Waals surface area contributed by atoms with Gasteiger partial charge in [-0.1, -0.05) is 11.6 Å². The molecule has 2 saturated heterocycles. The number of ether oxygens (including phenoxy) is 1. The SMILES string of the molecule is CN1OC2(CCN(C(=O)COc3ccc(Cl)cc3)CC2)CC1=O. The van der Waals surface area contributed by atoms with Gasteiger partial charge < -0.3 is 9.64 Å². The third-order valence-corrected chi connectivity index (χ3v) is 4.61. The molecule has 2 heterocycles. The minimum Gasteiger partial charge on any atom is -0.484 e. The second-order valence-corrected chi connectivity index (χ2v) is 6.40. The molecular formula is C16H19ClN2O4. The molecule has 0 aromatic heterocycles. The van der Waals surface area contributed by atoms with Crippen molar-refractivity contribution in [2.24, 2.45) is 0 Å². The number of amides is 2. The summed E-state index contributed by atoms with van der Waals surface area (Å²) in [5, 5.41) is 1.93. The molecule has 2 aliphatic heterocycles. The number of carbonyl (C=O) groups is 2. The summed E-state index contributed by atoms with van der Waals surface area (Å²) in [5.41, 5.74) is -0.431. The molecule has 0 saturated carbocycles. The van der Waals surface area contributed by atoms with Gasteiger partial charge in [-0.15, -0.1) is 0 Å². The first kappa shape index (κ1) is 16.1. The summed E-state index contributed by atoms with van der Waals surface area (Å²) < 4.78 is 5.48. The summed E-state index contributed by atoms with van der Waals surface area (Å²) in [7, 11) is 1.63. The lowest BCUT2D eigenvalue weighted by molar-refractivity contribution is -0.199. The van der Waals surface area contributed by atoms with Crippen molar-refractivity contribution >= 4 is 23.4 Å². The van der Waals surface area contributed by atoms with Crippen molar-refractivity contribution in [1.29, 1.82) is 0 Å². The van der Waals surface area contributed by atoms with Crippen molar-refractivity contribution in [3.8, 4) is 5.75 Å². The van der Waals surface area contributed by atoms with Crippen LogP contribution >= 0.6 is 11.6 Å². The number of hydrogen-bond donors (Lipinski definition) is 0. The van der Waals surface area contributed by atoms with E-state index < -0.39 is 5.60 Å². The minimum atomic E-state index is -0.431. The average Bonchev–Trinajstić information content (AvgIpc) is 2.81. The van der Waals surface area contributed by atoms with E-state index in [0.29, 0.717) is 43.1 Å². The highest BCUT2D eigenvalue weighted by Crippen LogP contribution is 2.35. The Labute approximate surface area is 139 Å². The summed E-state index contributed by atoms with van der Waals surface area (Å²) in [5.74, 6) is 0.547. The van der Waals surface area contributed by atoms with Crippen molar-refractivity contribution in [2.75, 3.05) is 26.7 Å². The lowest BCUT2D eigenvalue weighted by Crippen LogP contribution is -2.48. The van der Waals surface area contributed by atoms with Gasteiger partial charge in [-0.05, 0) is 37.1 Å². The van der Waals surface area contributed by atoms with Crippen molar-refractivity contribution in [3.63, 3.8) is 0 Å². The third kappa shape index (κ3) is 3.59. The Kier molecular flexibility index (Phi) is 4.46. The Bertz CT molecular complexity index is 597. The maximum absolute atomic E-state index is 12.2. The molecule has 0 radical (unpaired) electrons. The van der Waals surface area contributed by atoms with Gasteiger partial charge in [0, 0.05) is 25.2 Å². The topological polar surface area (TPSA) is 59.1 Å². The van der Waals surface area contributed by atoms with Crippen molar-refractivity contribution < 1.29 is 19.2 Å².